The molecule has 1 saturated carbocycles. The molecule has 3 aromatic carbocycles. The SMILES string of the molecule is [C-]#[N+]c1ccc2c(c1)c1cc(C)c(C)c3c1n2c1cc(CC2CCCC2)cc2cc[n+](C)c3c21. The van der Waals surface area contributed by atoms with E-state index in [1.807, 2.05) is 6.07 Å². The number of rotatable bonds is 2. The molecule has 1 aliphatic carbocycles. The lowest BCUT2D eigenvalue weighted by molar-refractivity contribution is -0.643. The average molecular weight is 443 g/mol. The fraction of sp³-hybridized carbons (Fsp3) is 0.290. The van der Waals surface area contributed by atoms with Gasteiger partial charge >= 0.3 is 0 Å². The van der Waals surface area contributed by atoms with E-state index in [0.29, 0.717) is 5.69 Å². The van der Waals surface area contributed by atoms with Crippen molar-refractivity contribution in [3.63, 3.8) is 0 Å². The van der Waals surface area contributed by atoms with E-state index in [1.54, 1.807) is 0 Å². The molecule has 166 valence electrons. The summed E-state index contributed by atoms with van der Waals surface area (Å²) in [6, 6.07) is 15.7. The van der Waals surface area contributed by atoms with Crippen molar-refractivity contribution >= 4 is 54.7 Å². The zero-order valence-corrected chi connectivity index (χ0v) is 20.1. The van der Waals surface area contributed by atoms with Gasteiger partial charge in [0.2, 0.25) is 5.52 Å². The molecule has 3 nitrogen and oxygen atoms in total. The molecule has 0 bridgehead atoms. The van der Waals surface area contributed by atoms with E-state index < -0.39 is 0 Å². The molecule has 0 N–H and O–H groups in total. The predicted octanol–water partition coefficient (Wildman–Crippen LogP) is 7.71. The zero-order chi connectivity index (χ0) is 23.1. The van der Waals surface area contributed by atoms with Crippen LogP contribution in [0.5, 0.6) is 0 Å². The summed E-state index contributed by atoms with van der Waals surface area (Å²) in [7, 11) is 2.17. The van der Waals surface area contributed by atoms with Gasteiger partial charge in [-0.3, -0.25) is 0 Å². The second-order valence-electron chi connectivity index (χ2n) is 10.4. The van der Waals surface area contributed by atoms with Crippen LogP contribution in [0, 0.1) is 26.3 Å². The van der Waals surface area contributed by atoms with Crippen molar-refractivity contribution in [3.05, 3.63) is 76.8 Å². The molecule has 0 amide bonds. The molecule has 1 aliphatic rings. The molecule has 0 unspecified atom stereocenters. The highest BCUT2D eigenvalue weighted by molar-refractivity contribution is 6.26. The van der Waals surface area contributed by atoms with Gasteiger partial charge in [-0.05, 0) is 77.9 Å². The van der Waals surface area contributed by atoms with Crippen molar-refractivity contribution in [2.24, 2.45) is 13.0 Å². The van der Waals surface area contributed by atoms with Gasteiger partial charge < -0.3 is 4.40 Å². The first kappa shape index (κ1) is 19.8. The van der Waals surface area contributed by atoms with Crippen LogP contribution < -0.4 is 4.57 Å². The van der Waals surface area contributed by atoms with Gasteiger partial charge in [0.1, 0.15) is 7.05 Å². The molecule has 0 radical (unpaired) electrons. The molecule has 3 heterocycles. The van der Waals surface area contributed by atoms with Gasteiger partial charge in [-0.2, -0.15) is 0 Å². The highest BCUT2D eigenvalue weighted by Gasteiger charge is 2.25. The summed E-state index contributed by atoms with van der Waals surface area (Å²) in [4.78, 5) is 3.74. The summed E-state index contributed by atoms with van der Waals surface area (Å²) in [6.07, 6.45) is 8.87. The minimum absolute atomic E-state index is 0.703. The predicted molar refractivity (Wildman–Crippen MR) is 141 cm³/mol. The van der Waals surface area contributed by atoms with Crippen LogP contribution in [0.25, 0.3) is 53.8 Å². The average Bonchev–Trinajstić information content (AvgIpc) is 3.46. The molecular formula is C31H28N3+. The molecule has 0 atom stereocenters. The molecule has 3 aromatic heterocycles. The Labute approximate surface area is 199 Å². The third-order valence-corrected chi connectivity index (χ3v) is 8.44. The molecule has 6 aromatic rings. The number of aromatic nitrogens is 2. The van der Waals surface area contributed by atoms with E-state index in [4.69, 9.17) is 6.57 Å². The highest BCUT2D eigenvalue weighted by atomic mass is 15.0. The quantitative estimate of drug-likeness (QED) is 0.113. The minimum Gasteiger partial charge on any atom is -0.308 e. The number of fused-ring (bicyclic) bond motifs is 5. The number of aryl methyl sites for hydroxylation is 3. The van der Waals surface area contributed by atoms with Crippen molar-refractivity contribution in [2.45, 2.75) is 46.0 Å². The first-order chi connectivity index (χ1) is 16.5. The number of hydrogen-bond acceptors (Lipinski definition) is 0. The number of nitrogens with zero attached hydrogens (tertiary/aromatic N) is 3. The van der Waals surface area contributed by atoms with Gasteiger partial charge in [0.15, 0.2) is 11.9 Å². The molecule has 0 saturated heterocycles. The summed E-state index contributed by atoms with van der Waals surface area (Å²) in [6.45, 7) is 12.1. The van der Waals surface area contributed by atoms with Crippen molar-refractivity contribution in [2.75, 3.05) is 0 Å². The first-order valence-corrected chi connectivity index (χ1v) is 12.5. The summed E-state index contributed by atoms with van der Waals surface area (Å²) in [5, 5.41) is 6.44. The van der Waals surface area contributed by atoms with Gasteiger partial charge in [0, 0.05) is 11.5 Å². The number of pyridine rings is 2. The van der Waals surface area contributed by atoms with Crippen LogP contribution in [0.15, 0.2) is 48.7 Å². The summed E-state index contributed by atoms with van der Waals surface area (Å²) < 4.78 is 4.79. The van der Waals surface area contributed by atoms with Gasteiger partial charge in [-0.15, -0.1) is 0 Å². The molecule has 7 rings (SSSR count). The maximum atomic E-state index is 7.59. The van der Waals surface area contributed by atoms with Gasteiger partial charge in [-0.1, -0.05) is 37.8 Å². The summed E-state index contributed by atoms with van der Waals surface area (Å²) in [5.74, 6) is 0.812. The molecule has 0 aliphatic heterocycles. The van der Waals surface area contributed by atoms with Gasteiger partial charge in [0.05, 0.1) is 33.9 Å². The van der Waals surface area contributed by atoms with Crippen LogP contribution in [0.2, 0.25) is 0 Å². The Morgan fingerprint density at radius 2 is 1.79 bits per heavy atom. The fourth-order valence-electron chi connectivity index (χ4n) is 6.69. The third kappa shape index (κ3) is 2.54. The number of benzene rings is 3. The highest BCUT2D eigenvalue weighted by Crippen LogP contribution is 2.43. The van der Waals surface area contributed by atoms with Gasteiger partial charge in [0.25, 0.3) is 0 Å². The van der Waals surface area contributed by atoms with E-state index in [-0.39, 0.29) is 0 Å². The molecular weight excluding hydrogens is 414 g/mol. The van der Waals surface area contributed by atoms with E-state index >= 15 is 0 Å². The first-order valence-electron chi connectivity index (χ1n) is 12.5. The maximum Gasteiger partial charge on any atom is 0.224 e. The van der Waals surface area contributed by atoms with Crippen molar-refractivity contribution in [1.29, 1.82) is 0 Å². The van der Waals surface area contributed by atoms with Crippen molar-refractivity contribution in [1.82, 2.24) is 4.40 Å². The topological polar surface area (TPSA) is 12.6 Å². The third-order valence-electron chi connectivity index (χ3n) is 8.44. The van der Waals surface area contributed by atoms with Crippen LogP contribution in [-0.2, 0) is 13.5 Å². The second kappa shape index (κ2) is 6.93. The Kier molecular flexibility index (Phi) is 4.04. The Morgan fingerprint density at radius 1 is 0.971 bits per heavy atom. The van der Waals surface area contributed by atoms with Crippen LogP contribution in [0.4, 0.5) is 5.69 Å². The Balaban J connectivity index is 1.74. The Morgan fingerprint density at radius 3 is 2.59 bits per heavy atom. The molecule has 3 heteroatoms. The molecule has 0 spiro atoms. The smallest absolute Gasteiger partial charge is 0.224 e. The largest absolute Gasteiger partial charge is 0.308 e. The minimum atomic E-state index is 0.703. The monoisotopic (exact) mass is 442 g/mol. The van der Waals surface area contributed by atoms with E-state index in [9.17, 15) is 0 Å². The van der Waals surface area contributed by atoms with Crippen LogP contribution in [-0.4, -0.2) is 4.40 Å². The second-order valence-corrected chi connectivity index (χ2v) is 10.4. The Hall–Kier alpha value is -3.64. The zero-order valence-electron chi connectivity index (χ0n) is 20.1. The van der Waals surface area contributed by atoms with Crippen LogP contribution in [0.1, 0.15) is 42.4 Å². The lowest BCUT2D eigenvalue weighted by Crippen LogP contribution is -2.29. The van der Waals surface area contributed by atoms with Crippen molar-refractivity contribution < 1.29 is 4.57 Å². The van der Waals surface area contributed by atoms with E-state index in [1.165, 1.54) is 97.8 Å². The fourth-order valence-corrected chi connectivity index (χ4v) is 6.69. The van der Waals surface area contributed by atoms with Crippen LogP contribution in [0.3, 0.4) is 0 Å². The Bertz CT molecular complexity index is 1820. The number of hydrogen-bond donors (Lipinski definition) is 0. The maximum absolute atomic E-state index is 7.59. The lowest BCUT2D eigenvalue weighted by atomic mass is 9.93. The lowest BCUT2D eigenvalue weighted by Gasteiger charge is -2.16. The van der Waals surface area contributed by atoms with Crippen molar-refractivity contribution in [3.8, 4) is 0 Å². The normalized spacial score (nSPS) is 15.0. The van der Waals surface area contributed by atoms with E-state index in [0.717, 1.165) is 5.92 Å². The summed E-state index contributed by atoms with van der Waals surface area (Å²) in [5.41, 5.74) is 9.88. The molecule has 34 heavy (non-hydrogen) atoms. The summed E-state index contributed by atoms with van der Waals surface area (Å²) >= 11 is 0. The molecule has 1 fully saturated rings. The van der Waals surface area contributed by atoms with Crippen LogP contribution >= 0.6 is 0 Å². The standard InChI is InChI=1S/C31H28N3/c1-18-13-25-24-17-23(32-3)9-10-26(24)34-27-16-21(14-20-7-5-6-8-20)15-22-11-12-33(4)31(29(22)27)28(19(18)2)30(25)34/h9-13,15-17,20H,5-8,14H2,1-2,4H3/q+1. The van der Waals surface area contributed by atoms with E-state index in [2.05, 4.69) is 77.3 Å². The van der Waals surface area contributed by atoms with Gasteiger partial charge in [-0.25, -0.2) is 9.41 Å².